The van der Waals surface area contributed by atoms with Crippen molar-refractivity contribution in [3.8, 4) is 0 Å². The maximum atomic E-state index is 12.4. The Hall–Kier alpha value is -1.36. The number of hydrogen-bond donors (Lipinski definition) is 1. The summed E-state index contributed by atoms with van der Waals surface area (Å²) in [6, 6.07) is 0. The Kier molecular flexibility index (Phi) is 9.71. The molecule has 0 rings (SSSR count). The minimum absolute atomic E-state index is 0.164. The predicted molar refractivity (Wildman–Crippen MR) is 80.7 cm³/mol. The van der Waals surface area contributed by atoms with Gasteiger partial charge >= 0.3 is 11.9 Å². The number of rotatable bonds is 11. The zero-order valence-electron chi connectivity index (χ0n) is 13.4. The summed E-state index contributed by atoms with van der Waals surface area (Å²) in [5.41, 5.74) is -0.555. The number of aliphatic hydroxyl groups is 1. The number of unbranched alkanes of at least 4 members (excludes halogenated alkanes) is 1. The SMILES string of the molecule is C=CC(=O)OCC(CO)OC(=O)C(C)(CCC)CCCC. The van der Waals surface area contributed by atoms with Crippen LogP contribution in [-0.2, 0) is 19.1 Å². The van der Waals surface area contributed by atoms with Gasteiger partial charge in [0, 0.05) is 6.08 Å². The zero-order valence-corrected chi connectivity index (χ0v) is 13.4. The van der Waals surface area contributed by atoms with E-state index in [2.05, 4.69) is 13.5 Å². The summed E-state index contributed by atoms with van der Waals surface area (Å²) in [7, 11) is 0. The Labute approximate surface area is 127 Å². The van der Waals surface area contributed by atoms with Gasteiger partial charge in [0.2, 0.25) is 0 Å². The summed E-state index contributed by atoms with van der Waals surface area (Å²) in [6.45, 7) is 8.71. The average Bonchev–Trinajstić information content (AvgIpc) is 2.48. The second-order valence-corrected chi connectivity index (χ2v) is 5.46. The summed E-state index contributed by atoms with van der Waals surface area (Å²) in [5, 5.41) is 9.24. The summed E-state index contributed by atoms with van der Waals surface area (Å²) in [4.78, 5) is 23.3. The van der Waals surface area contributed by atoms with Crippen molar-refractivity contribution < 1.29 is 24.2 Å². The van der Waals surface area contributed by atoms with Crippen LogP contribution in [0.4, 0.5) is 0 Å². The average molecular weight is 300 g/mol. The second-order valence-electron chi connectivity index (χ2n) is 5.46. The molecule has 0 heterocycles. The fourth-order valence-corrected chi connectivity index (χ4v) is 2.10. The van der Waals surface area contributed by atoms with Crippen molar-refractivity contribution in [2.75, 3.05) is 13.2 Å². The van der Waals surface area contributed by atoms with E-state index in [4.69, 9.17) is 9.47 Å². The van der Waals surface area contributed by atoms with Gasteiger partial charge in [0.25, 0.3) is 0 Å². The largest absolute Gasteiger partial charge is 0.458 e. The van der Waals surface area contributed by atoms with Crippen LogP contribution in [0.25, 0.3) is 0 Å². The molecule has 0 aromatic heterocycles. The molecule has 0 aromatic rings. The number of hydrogen-bond acceptors (Lipinski definition) is 5. The zero-order chi connectivity index (χ0) is 16.3. The molecule has 0 aliphatic heterocycles. The lowest BCUT2D eigenvalue weighted by Gasteiger charge is -2.29. The maximum Gasteiger partial charge on any atom is 0.330 e. The maximum absolute atomic E-state index is 12.4. The molecule has 0 aliphatic carbocycles. The first-order chi connectivity index (χ1) is 9.93. The van der Waals surface area contributed by atoms with Gasteiger partial charge < -0.3 is 14.6 Å². The minimum atomic E-state index is -0.834. The van der Waals surface area contributed by atoms with E-state index in [1.807, 2.05) is 13.8 Å². The standard InChI is InChI=1S/C16H28O5/c1-5-8-10-16(4,9-6-2)15(19)21-13(11-17)12-20-14(18)7-3/h7,13,17H,3,5-6,8-12H2,1-2,4H3. The van der Waals surface area contributed by atoms with Crippen molar-refractivity contribution >= 4 is 11.9 Å². The van der Waals surface area contributed by atoms with Crippen molar-refractivity contribution in [1.29, 1.82) is 0 Å². The van der Waals surface area contributed by atoms with Gasteiger partial charge in [-0.1, -0.05) is 39.7 Å². The quantitative estimate of drug-likeness (QED) is 0.469. The fraction of sp³-hybridized carbons (Fsp3) is 0.750. The highest BCUT2D eigenvalue weighted by Crippen LogP contribution is 2.31. The molecule has 0 aliphatic rings. The number of carbonyl (C=O) groups excluding carboxylic acids is 2. The Balaban J connectivity index is 4.61. The monoisotopic (exact) mass is 300 g/mol. The Morgan fingerprint density at radius 2 is 1.95 bits per heavy atom. The van der Waals surface area contributed by atoms with Crippen LogP contribution >= 0.6 is 0 Å². The highest BCUT2D eigenvalue weighted by Gasteiger charge is 2.34. The van der Waals surface area contributed by atoms with Crippen LogP contribution < -0.4 is 0 Å². The van der Waals surface area contributed by atoms with Crippen LogP contribution in [0.2, 0.25) is 0 Å². The topological polar surface area (TPSA) is 72.8 Å². The van der Waals surface area contributed by atoms with E-state index in [1.165, 1.54) is 0 Å². The normalized spacial score (nSPS) is 14.9. The molecule has 2 atom stereocenters. The Bertz CT molecular complexity index is 340. The van der Waals surface area contributed by atoms with Gasteiger partial charge in [0.1, 0.15) is 6.61 Å². The molecule has 21 heavy (non-hydrogen) atoms. The molecule has 0 aromatic carbocycles. The first-order valence-electron chi connectivity index (χ1n) is 7.54. The third kappa shape index (κ3) is 7.27. The van der Waals surface area contributed by atoms with Gasteiger partial charge in [-0.25, -0.2) is 4.79 Å². The van der Waals surface area contributed by atoms with Crippen LogP contribution in [-0.4, -0.2) is 36.4 Å². The van der Waals surface area contributed by atoms with E-state index in [9.17, 15) is 14.7 Å². The number of ether oxygens (including phenoxy) is 2. The molecule has 2 unspecified atom stereocenters. The van der Waals surface area contributed by atoms with Gasteiger partial charge in [-0.2, -0.15) is 0 Å². The van der Waals surface area contributed by atoms with E-state index in [1.54, 1.807) is 0 Å². The molecule has 0 radical (unpaired) electrons. The van der Waals surface area contributed by atoms with Gasteiger partial charge in [0.15, 0.2) is 6.10 Å². The highest BCUT2D eigenvalue weighted by molar-refractivity contribution is 5.81. The molecule has 0 saturated carbocycles. The summed E-state index contributed by atoms with van der Waals surface area (Å²) in [5.74, 6) is -0.946. The third-order valence-corrected chi connectivity index (χ3v) is 3.43. The first kappa shape index (κ1) is 19.6. The van der Waals surface area contributed by atoms with Gasteiger partial charge in [-0.3, -0.25) is 4.79 Å². The van der Waals surface area contributed by atoms with Crippen molar-refractivity contribution in [2.24, 2.45) is 5.41 Å². The van der Waals surface area contributed by atoms with E-state index in [0.29, 0.717) is 0 Å². The van der Waals surface area contributed by atoms with E-state index < -0.39 is 17.5 Å². The lowest BCUT2D eigenvalue weighted by molar-refractivity contribution is -0.169. The highest BCUT2D eigenvalue weighted by atomic mass is 16.6. The predicted octanol–water partition coefficient (Wildman–Crippen LogP) is 2.62. The number of esters is 2. The van der Waals surface area contributed by atoms with Gasteiger partial charge in [-0.05, 0) is 19.8 Å². The molecule has 0 amide bonds. The molecule has 5 heteroatoms. The van der Waals surface area contributed by atoms with E-state index >= 15 is 0 Å². The molecular formula is C16H28O5. The molecule has 0 saturated heterocycles. The Morgan fingerprint density at radius 3 is 2.43 bits per heavy atom. The molecular weight excluding hydrogens is 272 g/mol. The van der Waals surface area contributed by atoms with E-state index in [-0.39, 0.29) is 19.2 Å². The molecule has 5 nitrogen and oxygen atoms in total. The minimum Gasteiger partial charge on any atom is -0.458 e. The molecule has 122 valence electrons. The van der Waals surface area contributed by atoms with Crippen molar-refractivity contribution in [3.63, 3.8) is 0 Å². The Morgan fingerprint density at radius 1 is 1.29 bits per heavy atom. The van der Waals surface area contributed by atoms with Crippen LogP contribution in [0.15, 0.2) is 12.7 Å². The third-order valence-electron chi connectivity index (χ3n) is 3.43. The molecule has 0 spiro atoms. The van der Waals surface area contributed by atoms with Crippen LogP contribution in [0.1, 0.15) is 52.9 Å². The summed E-state index contributed by atoms with van der Waals surface area (Å²) < 4.78 is 10.1. The van der Waals surface area contributed by atoms with E-state index in [0.717, 1.165) is 38.2 Å². The number of carbonyl (C=O) groups is 2. The van der Waals surface area contributed by atoms with Crippen molar-refractivity contribution in [2.45, 2.75) is 59.0 Å². The second kappa shape index (κ2) is 10.4. The molecule has 0 fully saturated rings. The first-order valence-corrected chi connectivity index (χ1v) is 7.54. The van der Waals surface area contributed by atoms with Crippen LogP contribution in [0.3, 0.4) is 0 Å². The van der Waals surface area contributed by atoms with Crippen LogP contribution in [0, 0.1) is 5.41 Å². The smallest absolute Gasteiger partial charge is 0.330 e. The lowest BCUT2D eigenvalue weighted by Crippen LogP contribution is -2.36. The lowest BCUT2D eigenvalue weighted by atomic mass is 9.81. The van der Waals surface area contributed by atoms with Crippen molar-refractivity contribution in [3.05, 3.63) is 12.7 Å². The molecule has 0 bridgehead atoms. The number of aliphatic hydroxyl groups excluding tert-OH is 1. The van der Waals surface area contributed by atoms with Crippen LogP contribution in [0.5, 0.6) is 0 Å². The summed E-state index contributed by atoms with van der Waals surface area (Å²) >= 11 is 0. The fourth-order valence-electron chi connectivity index (χ4n) is 2.10. The van der Waals surface area contributed by atoms with Gasteiger partial charge in [-0.15, -0.1) is 0 Å². The summed E-state index contributed by atoms with van der Waals surface area (Å²) in [6.07, 6.45) is 4.51. The molecule has 1 N–H and O–H groups in total. The van der Waals surface area contributed by atoms with Gasteiger partial charge in [0.05, 0.1) is 12.0 Å². The van der Waals surface area contributed by atoms with Crippen molar-refractivity contribution in [1.82, 2.24) is 0 Å².